The number of hydrogen-bond acceptors (Lipinski definition) is 2. The summed E-state index contributed by atoms with van der Waals surface area (Å²) in [6.45, 7) is 7.42. The summed E-state index contributed by atoms with van der Waals surface area (Å²) in [6.07, 6.45) is 5.58. The highest BCUT2D eigenvalue weighted by molar-refractivity contribution is 5.55. The molecule has 0 bridgehead atoms. The Bertz CT molecular complexity index is 209. The summed E-state index contributed by atoms with van der Waals surface area (Å²) >= 11 is 0. The molecule has 0 unspecified atom stereocenters. The van der Waals surface area contributed by atoms with E-state index in [0.29, 0.717) is 0 Å². The molecule has 4 nitrogen and oxygen atoms in total. The molecule has 0 amide bonds. The van der Waals surface area contributed by atoms with E-state index in [1.807, 2.05) is 27.7 Å². The Morgan fingerprint density at radius 1 is 0.867 bits per heavy atom. The lowest BCUT2D eigenvalue weighted by Crippen LogP contribution is -2.15. The lowest BCUT2D eigenvalue weighted by atomic mass is 10.2. The van der Waals surface area contributed by atoms with Crippen molar-refractivity contribution in [2.45, 2.75) is 59.0 Å². The van der Waals surface area contributed by atoms with Gasteiger partial charge in [-0.25, -0.2) is 9.48 Å². The van der Waals surface area contributed by atoms with Gasteiger partial charge in [0.25, 0.3) is 0 Å². The van der Waals surface area contributed by atoms with E-state index >= 15 is 0 Å². The van der Waals surface area contributed by atoms with Crippen LogP contribution >= 0.6 is 0 Å². The summed E-state index contributed by atoms with van der Waals surface area (Å²) in [7, 11) is 0. The van der Waals surface area contributed by atoms with Gasteiger partial charge in [-0.1, -0.05) is 0 Å². The van der Waals surface area contributed by atoms with E-state index in [1.54, 1.807) is 12.4 Å². The van der Waals surface area contributed by atoms with Gasteiger partial charge in [-0.15, -0.1) is 0 Å². The SMILES string of the molecule is CC(C)[N+]([O-])=CCCCC=[N+]([O-])C(C)C. The maximum absolute atomic E-state index is 11.1. The van der Waals surface area contributed by atoms with Gasteiger partial charge in [0, 0.05) is 12.8 Å². The normalized spacial score (nSPS) is 14.0. The Balaban J connectivity index is 3.73. The van der Waals surface area contributed by atoms with E-state index in [2.05, 4.69) is 0 Å². The van der Waals surface area contributed by atoms with Crippen molar-refractivity contribution >= 4 is 12.4 Å². The van der Waals surface area contributed by atoms with Crippen molar-refractivity contribution in [2.75, 3.05) is 0 Å². The van der Waals surface area contributed by atoms with Gasteiger partial charge in [-0.05, 0) is 34.1 Å². The fourth-order valence-electron chi connectivity index (χ4n) is 0.977. The lowest BCUT2D eigenvalue weighted by Gasteiger charge is -2.07. The zero-order valence-electron chi connectivity index (χ0n) is 10.1. The Kier molecular flexibility index (Phi) is 6.75. The topological polar surface area (TPSA) is 52.1 Å². The molecule has 15 heavy (non-hydrogen) atoms. The summed E-state index contributed by atoms with van der Waals surface area (Å²) in [4.78, 5) is 0. The number of nitrogens with zero attached hydrogens (tertiary/aromatic N) is 2. The quantitative estimate of drug-likeness (QED) is 0.223. The molecule has 0 heterocycles. The minimum absolute atomic E-state index is 0.000602. The Hall–Kier alpha value is -1.06. The fourth-order valence-corrected chi connectivity index (χ4v) is 0.977. The number of hydroxylamine groups is 2. The van der Waals surface area contributed by atoms with Crippen molar-refractivity contribution in [1.29, 1.82) is 0 Å². The average Bonchev–Trinajstić information content (AvgIpc) is 2.16. The average molecular weight is 214 g/mol. The largest absolute Gasteiger partial charge is 0.624 e. The van der Waals surface area contributed by atoms with Gasteiger partial charge >= 0.3 is 0 Å². The van der Waals surface area contributed by atoms with Crippen molar-refractivity contribution in [3.8, 4) is 0 Å². The smallest absolute Gasteiger partial charge is 0.157 e. The molecular weight excluding hydrogens is 192 g/mol. The Morgan fingerprint density at radius 2 is 1.20 bits per heavy atom. The monoisotopic (exact) mass is 214 g/mol. The van der Waals surface area contributed by atoms with Crippen LogP contribution in [0.2, 0.25) is 0 Å². The van der Waals surface area contributed by atoms with E-state index in [-0.39, 0.29) is 12.1 Å². The molecule has 0 saturated carbocycles. The summed E-state index contributed by atoms with van der Waals surface area (Å²) in [5, 5.41) is 22.3. The molecular formula is C11H22N2O2. The predicted octanol–water partition coefficient (Wildman–Crippen LogP) is 2.14. The molecule has 0 aromatic heterocycles. The molecule has 0 atom stereocenters. The Morgan fingerprint density at radius 3 is 1.47 bits per heavy atom. The van der Waals surface area contributed by atoms with Crippen LogP contribution in [0.1, 0.15) is 47.0 Å². The van der Waals surface area contributed by atoms with Crippen molar-refractivity contribution < 1.29 is 9.48 Å². The van der Waals surface area contributed by atoms with Crippen LogP contribution in [0.5, 0.6) is 0 Å². The van der Waals surface area contributed by atoms with Crippen LogP contribution in [0, 0.1) is 10.4 Å². The van der Waals surface area contributed by atoms with Crippen LogP contribution in [0.15, 0.2) is 0 Å². The second-order valence-electron chi connectivity index (χ2n) is 4.20. The summed E-state index contributed by atoms with van der Waals surface area (Å²) in [5.74, 6) is 0. The van der Waals surface area contributed by atoms with Crippen molar-refractivity contribution in [1.82, 2.24) is 0 Å². The minimum Gasteiger partial charge on any atom is -0.624 e. The standard InChI is InChI=1S/C11H22N2O2/c1-10(2)12(14)8-6-5-7-9-13(15)11(3)4/h8-11H,5-7H2,1-4H3. The highest BCUT2D eigenvalue weighted by atomic mass is 16.5. The van der Waals surface area contributed by atoms with Gasteiger partial charge in [0.2, 0.25) is 0 Å². The van der Waals surface area contributed by atoms with Gasteiger partial charge in [0.1, 0.15) is 0 Å². The zero-order valence-corrected chi connectivity index (χ0v) is 10.1. The molecule has 0 rings (SSSR count). The van der Waals surface area contributed by atoms with Gasteiger partial charge in [0.05, 0.1) is 0 Å². The van der Waals surface area contributed by atoms with Crippen LogP contribution in [0.25, 0.3) is 0 Å². The fraction of sp³-hybridized carbons (Fsp3) is 0.818. The minimum atomic E-state index is 0.000602. The molecule has 0 aliphatic heterocycles. The van der Waals surface area contributed by atoms with Gasteiger partial charge in [-0.2, -0.15) is 0 Å². The summed E-state index contributed by atoms with van der Waals surface area (Å²) in [5.41, 5.74) is 0. The van der Waals surface area contributed by atoms with E-state index in [4.69, 9.17) is 0 Å². The van der Waals surface area contributed by atoms with Gasteiger partial charge in [-0.3, -0.25) is 0 Å². The van der Waals surface area contributed by atoms with Crippen molar-refractivity contribution in [3.63, 3.8) is 0 Å². The van der Waals surface area contributed by atoms with Crippen LogP contribution in [0.3, 0.4) is 0 Å². The molecule has 0 N–H and O–H groups in total. The molecule has 0 spiro atoms. The van der Waals surface area contributed by atoms with E-state index in [1.165, 1.54) is 0 Å². The van der Waals surface area contributed by atoms with E-state index in [9.17, 15) is 10.4 Å². The van der Waals surface area contributed by atoms with Crippen molar-refractivity contribution in [2.24, 2.45) is 0 Å². The molecule has 0 aromatic carbocycles. The van der Waals surface area contributed by atoms with Crippen molar-refractivity contribution in [3.05, 3.63) is 10.4 Å². The number of hydrogen-bond donors (Lipinski definition) is 0. The molecule has 0 fully saturated rings. The second kappa shape index (κ2) is 7.26. The van der Waals surface area contributed by atoms with Crippen LogP contribution in [-0.4, -0.2) is 34.0 Å². The first-order valence-corrected chi connectivity index (χ1v) is 5.52. The third-order valence-corrected chi connectivity index (χ3v) is 2.04. The lowest BCUT2D eigenvalue weighted by molar-refractivity contribution is -0.489. The summed E-state index contributed by atoms with van der Waals surface area (Å²) in [6, 6.07) is 0.00120. The molecule has 4 heteroatoms. The molecule has 0 aliphatic rings. The third-order valence-electron chi connectivity index (χ3n) is 2.04. The second-order valence-corrected chi connectivity index (χ2v) is 4.20. The summed E-state index contributed by atoms with van der Waals surface area (Å²) < 4.78 is 1.91. The highest BCUT2D eigenvalue weighted by Crippen LogP contribution is 1.93. The maximum Gasteiger partial charge on any atom is 0.157 e. The van der Waals surface area contributed by atoms with Gasteiger partial charge in [0.15, 0.2) is 24.5 Å². The molecule has 0 saturated heterocycles. The molecule has 0 aromatic rings. The Labute approximate surface area is 92.1 Å². The first kappa shape index (κ1) is 13.9. The van der Waals surface area contributed by atoms with E-state index in [0.717, 1.165) is 28.7 Å². The number of rotatable bonds is 6. The van der Waals surface area contributed by atoms with Crippen LogP contribution < -0.4 is 0 Å². The predicted molar refractivity (Wildman–Crippen MR) is 63.5 cm³/mol. The van der Waals surface area contributed by atoms with Gasteiger partial charge < -0.3 is 10.4 Å². The zero-order chi connectivity index (χ0) is 11.8. The molecule has 88 valence electrons. The maximum atomic E-state index is 11.1. The van der Waals surface area contributed by atoms with E-state index < -0.39 is 0 Å². The molecule has 0 aliphatic carbocycles. The van der Waals surface area contributed by atoms with Crippen LogP contribution in [0.4, 0.5) is 0 Å². The highest BCUT2D eigenvalue weighted by Gasteiger charge is 2.00. The first-order chi connectivity index (χ1) is 6.95. The molecule has 0 radical (unpaired) electrons. The van der Waals surface area contributed by atoms with Crippen LogP contribution in [-0.2, 0) is 0 Å². The third kappa shape index (κ3) is 6.94. The first-order valence-electron chi connectivity index (χ1n) is 5.52. The number of unbranched alkanes of at least 4 members (excludes halogenated alkanes) is 2.